The van der Waals surface area contributed by atoms with E-state index in [0.717, 1.165) is 28.8 Å². The summed E-state index contributed by atoms with van der Waals surface area (Å²) in [5.41, 5.74) is 4.77. The van der Waals surface area contributed by atoms with Gasteiger partial charge in [0, 0.05) is 23.2 Å². The summed E-state index contributed by atoms with van der Waals surface area (Å²) in [5, 5.41) is 7.49. The van der Waals surface area contributed by atoms with Gasteiger partial charge in [0.15, 0.2) is 0 Å². The summed E-state index contributed by atoms with van der Waals surface area (Å²) >= 11 is 3.45. The van der Waals surface area contributed by atoms with Crippen LogP contribution in [0.25, 0.3) is 0 Å². The summed E-state index contributed by atoms with van der Waals surface area (Å²) in [6.45, 7) is 2.76. The van der Waals surface area contributed by atoms with Crippen LogP contribution in [0.1, 0.15) is 5.56 Å². The molecule has 2 N–H and O–H groups in total. The molecule has 0 amide bonds. The molecule has 8 nitrogen and oxygen atoms in total. The highest BCUT2D eigenvalue weighted by Crippen LogP contribution is 2.18. The zero-order valence-electron chi connectivity index (χ0n) is 15.6. The van der Waals surface area contributed by atoms with E-state index in [1.807, 2.05) is 54.6 Å². The minimum atomic E-state index is 0.367. The first-order chi connectivity index (χ1) is 14.3. The molecule has 0 unspecified atom stereocenters. The fourth-order valence-electron chi connectivity index (χ4n) is 2.78. The molecule has 0 atom stereocenters. The molecule has 148 valence electrons. The Morgan fingerprint density at radius 3 is 2.55 bits per heavy atom. The SMILES string of the molecule is Brc1cccc(C=NNc2nc(Nc3ccccc3)nc(N3CCOCC3)n2)c1. The van der Waals surface area contributed by atoms with Crippen LogP contribution >= 0.6 is 15.9 Å². The van der Waals surface area contributed by atoms with Crippen molar-refractivity contribution >= 4 is 45.7 Å². The molecule has 2 heterocycles. The van der Waals surface area contributed by atoms with Gasteiger partial charge < -0.3 is 15.0 Å². The number of morpholine rings is 1. The van der Waals surface area contributed by atoms with Crippen LogP contribution in [-0.2, 0) is 4.74 Å². The summed E-state index contributed by atoms with van der Waals surface area (Å²) in [6, 6.07) is 17.6. The van der Waals surface area contributed by atoms with Crippen LogP contribution in [0.5, 0.6) is 0 Å². The number of halogens is 1. The van der Waals surface area contributed by atoms with Crippen molar-refractivity contribution in [3.05, 3.63) is 64.6 Å². The normalized spacial score (nSPS) is 14.2. The zero-order chi connectivity index (χ0) is 19.9. The second-order valence-corrected chi connectivity index (χ2v) is 7.21. The average molecular weight is 454 g/mol. The summed E-state index contributed by atoms with van der Waals surface area (Å²) in [4.78, 5) is 15.6. The van der Waals surface area contributed by atoms with Gasteiger partial charge in [-0.05, 0) is 29.8 Å². The standard InChI is InChI=1S/C20H20BrN7O/c21-16-6-4-5-15(13-16)14-22-27-19-24-18(23-17-7-2-1-3-8-17)25-20(26-19)28-9-11-29-12-10-28/h1-8,13-14H,9-12H2,(H2,23,24,25,26,27). The Balaban J connectivity index is 1.56. The topological polar surface area (TPSA) is 87.6 Å². The van der Waals surface area contributed by atoms with Gasteiger partial charge in [0.2, 0.25) is 17.8 Å². The van der Waals surface area contributed by atoms with Gasteiger partial charge in [0.1, 0.15) is 0 Å². The van der Waals surface area contributed by atoms with Crippen molar-refractivity contribution in [1.29, 1.82) is 0 Å². The molecule has 0 aliphatic carbocycles. The van der Waals surface area contributed by atoms with Gasteiger partial charge >= 0.3 is 0 Å². The molecule has 1 aliphatic heterocycles. The molecule has 0 bridgehead atoms. The Morgan fingerprint density at radius 2 is 1.76 bits per heavy atom. The van der Waals surface area contributed by atoms with Gasteiger partial charge in [-0.2, -0.15) is 20.1 Å². The first-order valence-electron chi connectivity index (χ1n) is 9.22. The van der Waals surface area contributed by atoms with Crippen molar-refractivity contribution < 1.29 is 4.74 Å². The Bertz CT molecular complexity index is 978. The highest BCUT2D eigenvalue weighted by atomic mass is 79.9. The third-order valence-electron chi connectivity index (χ3n) is 4.17. The van der Waals surface area contributed by atoms with Crippen LogP contribution in [0, 0.1) is 0 Å². The number of aromatic nitrogens is 3. The summed E-state index contributed by atoms with van der Waals surface area (Å²) < 4.78 is 6.42. The molecule has 1 fully saturated rings. The molecule has 2 aromatic carbocycles. The van der Waals surface area contributed by atoms with Crippen molar-refractivity contribution in [3.63, 3.8) is 0 Å². The number of nitrogens with zero attached hydrogens (tertiary/aromatic N) is 5. The first kappa shape index (κ1) is 19.3. The number of anilines is 4. The van der Waals surface area contributed by atoms with Crippen molar-refractivity contribution in [3.8, 4) is 0 Å². The van der Waals surface area contributed by atoms with Gasteiger partial charge in [0.05, 0.1) is 19.4 Å². The fourth-order valence-corrected chi connectivity index (χ4v) is 3.19. The molecule has 1 aromatic heterocycles. The molecule has 0 spiro atoms. The van der Waals surface area contributed by atoms with Crippen molar-refractivity contribution in [2.75, 3.05) is 41.9 Å². The van der Waals surface area contributed by atoms with Crippen LogP contribution in [0.15, 0.2) is 64.2 Å². The molecule has 3 aromatic rings. The number of hydrogen-bond donors (Lipinski definition) is 2. The quantitative estimate of drug-likeness (QED) is 0.434. The van der Waals surface area contributed by atoms with E-state index >= 15 is 0 Å². The third kappa shape index (κ3) is 5.49. The maximum atomic E-state index is 5.43. The maximum absolute atomic E-state index is 5.43. The molecule has 4 rings (SSSR count). The molecule has 1 saturated heterocycles. The molecule has 0 saturated carbocycles. The third-order valence-corrected chi connectivity index (χ3v) is 4.67. The van der Waals surface area contributed by atoms with Gasteiger partial charge in [-0.3, -0.25) is 0 Å². The molecular weight excluding hydrogens is 434 g/mol. The van der Waals surface area contributed by atoms with E-state index in [2.05, 4.69) is 51.6 Å². The van der Waals surface area contributed by atoms with Gasteiger partial charge in [-0.15, -0.1) is 0 Å². The second kappa shape index (κ2) is 9.44. The van der Waals surface area contributed by atoms with Crippen molar-refractivity contribution in [2.45, 2.75) is 0 Å². The lowest BCUT2D eigenvalue weighted by atomic mass is 10.2. The lowest BCUT2D eigenvalue weighted by Gasteiger charge is -2.27. The van der Waals surface area contributed by atoms with E-state index in [9.17, 15) is 0 Å². The Hall–Kier alpha value is -3.04. The smallest absolute Gasteiger partial charge is 0.250 e. The lowest BCUT2D eigenvalue weighted by molar-refractivity contribution is 0.122. The van der Waals surface area contributed by atoms with Crippen molar-refractivity contribution in [1.82, 2.24) is 15.0 Å². The van der Waals surface area contributed by atoms with E-state index in [0.29, 0.717) is 31.1 Å². The van der Waals surface area contributed by atoms with Gasteiger partial charge in [-0.1, -0.05) is 46.3 Å². The number of benzene rings is 2. The molecule has 9 heteroatoms. The Labute approximate surface area is 177 Å². The van der Waals surface area contributed by atoms with E-state index in [1.54, 1.807) is 6.21 Å². The highest BCUT2D eigenvalue weighted by molar-refractivity contribution is 9.10. The zero-order valence-corrected chi connectivity index (χ0v) is 17.2. The number of hydrogen-bond acceptors (Lipinski definition) is 8. The van der Waals surface area contributed by atoms with Crippen LogP contribution in [0.2, 0.25) is 0 Å². The van der Waals surface area contributed by atoms with Gasteiger partial charge in [0.25, 0.3) is 0 Å². The number of para-hydroxylation sites is 1. The van der Waals surface area contributed by atoms with E-state index < -0.39 is 0 Å². The number of hydrazone groups is 1. The molecular formula is C20H20BrN7O. The predicted octanol–water partition coefficient (Wildman–Crippen LogP) is 3.66. The second-order valence-electron chi connectivity index (χ2n) is 6.30. The molecule has 1 aliphatic rings. The van der Waals surface area contributed by atoms with Crippen LogP contribution < -0.4 is 15.6 Å². The fraction of sp³-hybridized carbons (Fsp3) is 0.200. The number of rotatable bonds is 6. The largest absolute Gasteiger partial charge is 0.378 e. The van der Waals surface area contributed by atoms with Crippen LogP contribution in [0.4, 0.5) is 23.5 Å². The molecule has 0 radical (unpaired) electrons. The minimum absolute atomic E-state index is 0.367. The summed E-state index contributed by atoms with van der Waals surface area (Å²) in [7, 11) is 0. The van der Waals surface area contributed by atoms with Gasteiger partial charge in [-0.25, -0.2) is 5.43 Å². The Kier molecular flexibility index (Phi) is 6.28. The van der Waals surface area contributed by atoms with E-state index in [-0.39, 0.29) is 0 Å². The first-order valence-corrected chi connectivity index (χ1v) is 10.0. The summed E-state index contributed by atoms with van der Waals surface area (Å²) in [5.74, 6) is 1.40. The Morgan fingerprint density at radius 1 is 0.966 bits per heavy atom. The number of nitrogens with one attached hydrogen (secondary N) is 2. The average Bonchev–Trinajstić information content (AvgIpc) is 2.75. The number of ether oxygens (including phenoxy) is 1. The predicted molar refractivity (Wildman–Crippen MR) is 118 cm³/mol. The van der Waals surface area contributed by atoms with E-state index in [1.165, 1.54) is 0 Å². The lowest BCUT2D eigenvalue weighted by Crippen LogP contribution is -2.37. The van der Waals surface area contributed by atoms with Crippen LogP contribution in [-0.4, -0.2) is 47.5 Å². The van der Waals surface area contributed by atoms with Crippen molar-refractivity contribution in [2.24, 2.45) is 5.10 Å². The summed E-state index contributed by atoms with van der Waals surface area (Å²) in [6.07, 6.45) is 1.72. The highest BCUT2D eigenvalue weighted by Gasteiger charge is 2.16. The molecule has 29 heavy (non-hydrogen) atoms. The maximum Gasteiger partial charge on any atom is 0.250 e. The minimum Gasteiger partial charge on any atom is -0.378 e. The van der Waals surface area contributed by atoms with E-state index in [4.69, 9.17) is 4.74 Å². The monoisotopic (exact) mass is 453 g/mol. The van der Waals surface area contributed by atoms with Crippen LogP contribution in [0.3, 0.4) is 0 Å².